The molecule has 2 aromatic carbocycles. The summed E-state index contributed by atoms with van der Waals surface area (Å²) >= 11 is 10.1. The van der Waals surface area contributed by atoms with Gasteiger partial charge in [0, 0.05) is 26.5 Å². The number of para-hydroxylation sites is 1. The summed E-state index contributed by atoms with van der Waals surface area (Å²) in [6.07, 6.45) is 0.879. The molecule has 1 aromatic heterocycles. The van der Waals surface area contributed by atoms with Crippen LogP contribution in [0, 0.1) is 0 Å². The van der Waals surface area contributed by atoms with Gasteiger partial charge in [0.1, 0.15) is 0 Å². The van der Waals surface area contributed by atoms with Crippen LogP contribution in [-0.4, -0.2) is 5.71 Å². The summed E-state index contributed by atoms with van der Waals surface area (Å²) in [6.45, 7) is 0. The molecule has 0 N–H and O–H groups in total. The second-order valence-electron chi connectivity index (χ2n) is 5.34. The standard InChI is InChI=1S/C19H14ClNS2/c20-14-7-2-1-6-13(14)19-12-16(17-10-5-11-22-17)21-15-8-3-4-9-18(15)23-19/h1-11,19H,12H2/t19-/m1/s1. The molecule has 0 bridgehead atoms. The highest BCUT2D eigenvalue weighted by Crippen LogP contribution is 2.47. The fourth-order valence-corrected chi connectivity index (χ4v) is 5.05. The third-order valence-corrected chi connectivity index (χ3v) is 6.39. The lowest BCUT2D eigenvalue weighted by Crippen LogP contribution is -2.04. The lowest BCUT2D eigenvalue weighted by molar-refractivity contribution is 1.01. The minimum absolute atomic E-state index is 0.271. The maximum Gasteiger partial charge on any atom is 0.0769 e. The normalized spacial score (nSPS) is 17.3. The fraction of sp³-hybridized carbons (Fsp3) is 0.105. The van der Waals surface area contributed by atoms with Gasteiger partial charge in [0.05, 0.1) is 11.4 Å². The largest absolute Gasteiger partial charge is 0.251 e. The van der Waals surface area contributed by atoms with Crippen LogP contribution in [0.4, 0.5) is 5.69 Å². The second kappa shape index (κ2) is 6.52. The summed E-state index contributed by atoms with van der Waals surface area (Å²) in [5, 5.41) is 3.20. The zero-order valence-corrected chi connectivity index (χ0v) is 14.7. The molecule has 114 valence electrons. The number of nitrogens with zero attached hydrogens (tertiary/aromatic N) is 1. The van der Waals surface area contributed by atoms with Crippen LogP contribution in [0.3, 0.4) is 0 Å². The van der Waals surface area contributed by atoms with Crippen LogP contribution >= 0.6 is 34.7 Å². The third kappa shape index (κ3) is 3.09. The average molecular weight is 356 g/mol. The van der Waals surface area contributed by atoms with Crippen LogP contribution in [0.1, 0.15) is 22.1 Å². The molecule has 0 fully saturated rings. The lowest BCUT2D eigenvalue weighted by Gasteiger charge is -2.17. The van der Waals surface area contributed by atoms with Crippen molar-refractivity contribution >= 4 is 46.1 Å². The molecule has 0 aliphatic carbocycles. The molecule has 4 heteroatoms. The van der Waals surface area contributed by atoms with E-state index in [1.54, 1.807) is 11.3 Å². The van der Waals surface area contributed by atoms with Gasteiger partial charge in [0.15, 0.2) is 0 Å². The number of halogens is 1. The first-order valence-electron chi connectivity index (χ1n) is 7.43. The topological polar surface area (TPSA) is 12.4 Å². The van der Waals surface area contributed by atoms with E-state index in [4.69, 9.17) is 16.6 Å². The van der Waals surface area contributed by atoms with E-state index in [0.717, 1.165) is 22.8 Å². The molecule has 1 nitrogen and oxygen atoms in total. The SMILES string of the molecule is Clc1ccccc1[C@H]1CC(c2cccs2)=Nc2ccccc2S1. The molecule has 2 heterocycles. The molecule has 1 aliphatic rings. The van der Waals surface area contributed by atoms with E-state index in [0.29, 0.717) is 0 Å². The van der Waals surface area contributed by atoms with E-state index in [9.17, 15) is 0 Å². The van der Waals surface area contributed by atoms with E-state index < -0.39 is 0 Å². The number of thioether (sulfide) groups is 1. The van der Waals surface area contributed by atoms with Crippen molar-refractivity contribution in [1.82, 2.24) is 0 Å². The number of aliphatic imine (C=N–C) groups is 1. The van der Waals surface area contributed by atoms with Crippen molar-refractivity contribution in [3.63, 3.8) is 0 Å². The molecule has 1 atom stereocenters. The zero-order valence-electron chi connectivity index (χ0n) is 12.3. The highest BCUT2D eigenvalue weighted by molar-refractivity contribution is 7.99. The van der Waals surface area contributed by atoms with Crippen LogP contribution in [0.15, 0.2) is 75.9 Å². The van der Waals surface area contributed by atoms with Crippen molar-refractivity contribution in [1.29, 1.82) is 0 Å². The maximum absolute atomic E-state index is 6.46. The molecule has 0 saturated carbocycles. The smallest absolute Gasteiger partial charge is 0.0769 e. The number of thiophene rings is 1. The van der Waals surface area contributed by atoms with Gasteiger partial charge in [-0.3, -0.25) is 4.99 Å². The summed E-state index contributed by atoms with van der Waals surface area (Å²) in [6, 6.07) is 20.7. The Morgan fingerprint density at radius 2 is 1.78 bits per heavy atom. The van der Waals surface area contributed by atoms with Crippen LogP contribution in [0.25, 0.3) is 0 Å². The molecule has 0 unspecified atom stereocenters. The van der Waals surface area contributed by atoms with E-state index >= 15 is 0 Å². The molecule has 23 heavy (non-hydrogen) atoms. The first-order chi connectivity index (χ1) is 11.3. The summed E-state index contributed by atoms with van der Waals surface area (Å²) in [7, 11) is 0. The Bertz CT molecular complexity index is 855. The first-order valence-corrected chi connectivity index (χ1v) is 9.56. The van der Waals surface area contributed by atoms with Gasteiger partial charge in [-0.1, -0.05) is 48.0 Å². The van der Waals surface area contributed by atoms with E-state index in [1.165, 1.54) is 15.3 Å². The van der Waals surface area contributed by atoms with Gasteiger partial charge in [0.2, 0.25) is 0 Å². The maximum atomic E-state index is 6.46. The fourth-order valence-electron chi connectivity index (χ4n) is 2.72. The molecule has 0 saturated heterocycles. The van der Waals surface area contributed by atoms with Crippen molar-refractivity contribution in [2.45, 2.75) is 16.6 Å². The molecule has 0 spiro atoms. The monoisotopic (exact) mass is 355 g/mol. The van der Waals surface area contributed by atoms with Gasteiger partial charge < -0.3 is 0 Å². The summed E-state index contributed by atoms with van der Waals surface area (Å²) < 4.78 is 0. The Hall–Kier alpha value is -1.55. The van der Waals surface area contributed by atoms with E-state index in [2.05, 4.69) is 47.8 Å². The highest BCUT2D eigenvalue weighted by atomic mass is 35.5. The molecule has 3 aromatic rings. The van der Waals surface area contributed by atoms with Gasteiger partial charge in [0.25, 0.3) is 0 Å². The summed E-state index contributed by atoms with van der Waals surface area (Å²) in [5.41, 5.74) is 3.37. The molecule has 4 rings (SSSR count). The van der Waals surface area contributed by atoms with Crippen molar-refractivity contribution in [2.24, 2.45) is 4.99 Å². The lowest BCUT2D eigenvalue weighted by atomic mass is 10.1. The Morgan fingerprint density at radius 1 is 0.957 bits per heavy atom. The number of fused-ring (bicyclic) bond motifs is 1. The molecular weight excluding hydrogens is 342 g/mol. The number of hydrogen-bond acceptors (Lipinski definition) is 3. The van der Waals surface area contributed by atoms with Crippen LogP contribution < -0.4 is 0 Å². The van der Waals surface area contributed by atoms with Crippen molar-refractivity contribution in [3.05, 3.63) is 81.5 Å². The summed E-state index contributed by atoms with van der Waals surface area (Å²) in [5.74, 6) is 0. The molecule has 0 amide bonds. The molecular formula is C19H14ClNS2. The van der Waals surface area contributed by atoms with E-state index in [1.807, 2.05) is 30.0 Å². The van der Waals surface area contributed by atoms with Crippen LogP contribution in [-0.2, 0) is 0 Å². The minimum Gasteiger partial charge on any atom is -0.251 e. The first kappa shape index (κ1) is 15.0. The Kier molecular flexibility index (Phi) is 4.25. The van der Waals surface area contributed by atoms with Crippen LogP contribution in [0.5, 0.6) is 0 Å². The van der Waals surface area contributed by atoms with Gasteiger partial charge >= 0.3 is 0 Å². The number of hydrogen-bond donors (Lipinski definition) is 0. The average Bonchev–Trinajstić information content (AvgIpc) is 3.03. The van der Waals surface area contributed by atoms with Gasteiger partial charge in [-0.05, 0) is 35.2 Å². The second-order valence-corrected chi connectivity index (χ2v) is 7.94. The summed E-state index contributed by atoms with van der Waals surface area (Å²) in [4.78, 5) is 7.40. The van der Waals surface area contributed by atoms with Crippen LogP contribution in [0.2, 0.25) is 5.02 Å². The highest BCUT2D eigenvalue weighted by Gasteiger charge is 2.24. The predicted molar refractivity (Wildman–Crippen MR) is 102 cm³/mol. The van der Waals surface area contributed by atoms with Gasteiger partial charge in [-0.15, -0.1) is 23.1 Å². The minimum atomic E-state index is 0.271. The predicted octanol–water partition coefficient (Wildman–Crippen LogP) is 6.76. The zero-order chi connectivity index (χ0) is 15.6. The van der Waals surface area contributed by atoms with Gasteiger partial charge in [-0.25, -0.2) is 0 Å². The Morgan fingerprint density at radius 3 is 2.61 bits per heavy atom. The van der Waals surface area contributed by atoms with Crippen molar-refractivity contribution < 1.29 is 0 Å². The van der Waals surface area contributed by atoms with Gasteiger partial charge in [-0.2, -0.15) is 0 Å². The van der Waals surface area contributed by atoms with Crippen molar-refractivity contribution in [3.8, 4) is 0 Å². The Labute approximate surface area is 149 Å². The Balaban J connectivity index is 1.82. The number of benzene rings is 2. The third-order valence-electron chi connectivity index (χ3n) is 3.83. The molecule has 1 aliphatic heterocycles. The van der Waals surface area contributed by atoms with E-state index in [-0.39, 0.29) is 5.25 Å². The quantitative estimate of drug-likeness (QED) is 0.494. The molecule has 0 radical (unpaired) electrons. The van der Waals surface area contributed by atoms with Crippen molar-refractivity contribution in [2.75, 3.05) is 0 Å². The number of rotatable bonds is 2.